The lowest BCUT2D eigenvalue weighted by Crippen LogP contribution is -2.06. The van der Waals surface area contributed by atoms with Crippen molar-refractivity contribution in [3.8, 4) is 0 Å². The molecule has 3 N–H and O–H groups in total. The average Bonchev–Trinajstić information content (AvgIpc) is 2.97. The molecule has 0 fully saturated rings. The Balaban J connectivity index is 2.28. The van der Waals surface area contributed by atoms with Crippen molar-refractivity contribution < 1.29 is 30.7 Å². The van der Waals surface area contributed by atoms with Crippen LogP contribution in [0.3, 0.4) is 0 Å². The smallest absolute Gasteiger partial charge is 0.287 e. The van der Waals surface area contributed by atoms with Crippen LogP contribution >= 0.6 is 0 Å². The zero-order chi connectivity index (χ0) is 19.3. The lowest BCUT2D eigenvalue weighted by atomic mass is 10.0. The van der Waals surface area contributed by atoms with Crippen LogP contribution in [-0.2, 0) is 20.2 Å². The van der Waals surface area contributed by atoms with Gasteiger partial charge < -0.3 is 0 Å². The van der Waals surface area contributed by atoms with Crippen LogP contribution in [0.2, 0.25) is 0 Å². The van der Waals surface area contributed by atoms with Crippen molar-refractivity contribution in [3.63, 3.8) is 0 Å². The van der Waals surface area contributed by atoms with E-state index in [-0.39, 0.29) is 22.0 Å². The van der Waals surface area contributed by atoms with Crippen LogP contribution in [-0.4, -0.2) is 41.9 Å². The third-order valence-electron chi connectivity index (χ3n) is 3.66. The predicted octanol–water partition coefficient (Wildman–Crippen LogP) is 1.60. The third-order valence-corrected chi connectivity index (χ3v) is 5.39. The van der Waals surface area contributed by atoms with Crippen molar-refractivity contribution >= 4 is 36.8 Å². The van der Waals surface area contributed by atoms with Gasteiger partial charge in [-0.3, -0.25) is 19.0 Å². The number of aromatic amines is 1. The van der Waals surface area contributed by atoms with Crippen LogP contribution in [0, 0.1) is 6.92 Å². The summed E-state index contributed by atoms with van der Waals surface area (Å²) in [4.78, 5) is 11.0. The highest BCUT2D eigenvalue weighted by Gasteiger charge is 2.21. The lowest BCUT2D eigenvalue weighted by Gasteiger charge is -2.08. The number of nitrogens with one attached hydrogen (secondary N) is 1. The average molecular weight is 396 g/mol. The first-order valence-corrected chi connectivity index (χ1v) is 9.94. The minimum absolute atomic E-state index is 0.00495. The van der Waals surface area contributed by atoms with Gasteiger partial charge in [0.25, 0.3) is 20.2 Å². The van der Waals surface area contributed by atoms with Crippen LogP contribution < -0.4 is 0 Å². The maximum Gasteiger partial charge on any atom is 0.295 e. The predicted molar refractivity (Wildman–Crippen MR) is 90.3 cm³/mol. The molecule has 0 aliphatic rings. The van der Waals surface area contributed by atoms with Gasteiger partial charge in [-0.05, 0) is 36.6 Å². The monoisotopic (exact) mass is 396 g/mol. The molecular formula is C15H12N2O7S2. The molecule has 1 heterocycles. The Morgan fingerprint density at radius 3 is 2.23 bits per heavy atom. The molecule has 0 aliphatic carbocycles. The maximum absolute atomic E-state index is 12.4. The van der Waals surface area contributed by atoms with Crippen LogP contribution in [0.25, 0.3) is 10.8 Å². The summed E-state index contributed by atoms with van der Waals surface area (Å²) < 4.78 is 64.5. The number of carbonyl (C=O) groups excluding carboxylic acids is 1. The van der Waals surface area contributed by atoms with Crippen LogP contribution in [0.15, 0.2) is 46.2 Å². The minimum Gasteiger partial charge on any atom is -0.287 e. The van der Waals surface area contributed by atoms with Crippen molar-refractivity contribution in [2.45, 2.75) is 16.7 Å². The lowest BCUT2D eigenvalue weighted by molar-refractivity contribution is 0.103. The van der Waals surface area contributed by atoms with Crippen molar-refractivity contribution in [2.24, 2.45) is 0 Å². The zero-order valence-corrected chi connectivity index (χ0v) is 14.8. The molecule has 1 aromatic heterocycles. The number of hydrogen-bond acceptors (Lipinski definition) is 6. The summed E-state index contributed by atoms with van der Waals surface area (Å²) in [6.45, 7) is 1.71. The summed E-state index contributed by atoms with van der Waals surface area (Å²) in [5, 5.41) is 6.49. The van der Waals surface area contributed by atoms with E-state index in [4.69, 9.17) is 0 Å². The van der Waals surface area contributed by atoms with E-state index in [1.165, 1.54) is 24.3 Å². The minimum atomic E-state index is -4.77. The Bertz CT molecular complexity index is 1260. The second-order valence-electron chi connectivity index (χ2n) is 5.57. The van der Waals surface area contributed by atoms with Crippen molar-refractivity contribution in [1.29, 1.82) is 0 Å². The van der Waals surface area contributed by atoms with Gasteiger partial charge in [0.2, 0.25) is 5.78 Å². The third kappa shape index (κ3) is 3.37. The Hall–Kier alpha value is -2.60. The first kappa shape index (κ1) is 18.2. The molecule has 26 heavy (non-hydrogen) atoms. The van der Waals surface area contributed by atoms with Gasteiger partial charge in [-0.1, -0.05) is 12.1 Å². The van der Waals surface area contributed by atoms with E-state index in [1.54, 1.807) is 6.92 Å². The number of H-pyrrole nitrogens is 1. The first-order chi connectivity index (χ1) is 12.0. The number of fused-ring (bicyclic) bond motifs is 1. The summed E-state index contributed by atoms with van der Waals surface area (Å²) in [7, 11) is -9.51. The number of nitrogens with zero attached hydrogens (tertiary/aromatic N) is 1. The van der Waals surface area contributed by atoms with Gasteiger partial charge in [0, 0.05) is 16.6 Å². The van der Waals surface area contributed by atoms with Crippen LogP contribution in [0.4, 0.5) is 0 Å². The van der Waals surface area contributed by atoms with Crippen molar-refractivity contribution in [2.75, 3.05) is 0 Å². The van der Waals surface area contributed by atoms with Gasteiger partial charge in [-0.25, -0.2) is 0 Å². The van der Waals surface area contributed by atoms with E-state index < -0.39 is 35.8 Å². The number of aryl methyl sites for hydroxylation is 1. The van der Waals surface area contributed by atoms with E-state index >= 15 is 0 Å². The molecule has 0 saturated heterocycles. The molecule has 0 aliphatic heterocycles. The number of carbonyl (C=O) groups is 1. The van der Waals surface area contributed by atoms with E-state index in [9.17, 15) is 30.7 Å². The fraction of sp³-hybridized carbons (Fsp3) is 0.0667. The van der Waals surface area contributed by atoms with Gasteiger partial charge in [0.1, 0.15) is 10.6 Å². The molecule has 3 aromatic rings. The number of aromatic nitrogens is 2. The topological polar surface area (TPSA) is 154 Å². The second-order valence-corrected chi connectivity index (χ2v) is 8.38. The van der Waals surface area contributed by atoms with Gasteiger partial charge in [-0.2, -0.15) is 21.9 Å². The SMILES string of the molecule is Cc1cc(C(=O)c2ccc3c(S(=O)(=O)O)cc(S(=O)(=O)O)cc3c2)n[nH]1. The van der Waals surface area contributed by atoms with E-state index in [2.05, 4.69) is 10.2 Å². The van der Waals surface area contributed by atoms with Crippen molar-refractivity contribution in [1.82, 2.24) is 10.2 Å². The molecule has 0 bridgehead atoms. The Kier molecular flexibility index (Phi) is 4.19. The fourth-order valence-corrected chi connectivity index (χ4v) is 3.85. The summed E-state index contributed by atoms with van der Waals surface area (Å²) >= 11 is 0. The molecule has 0 radical (unpaired) electrons. The molecule has 9 nitrogen and oxygen atoms in total. The van der Waals surface area contributed by atoms with Gasteiger partial charge in [0.15, 0.2) is 0 Å². The molecule has 11 heteroatoms. The Labute approximate surface area is 148 Å². The largest absolute Gasteiger partial charge is 0.295 e. The molecule has 0 atom stereocenters. The van der Waals surface area contributed by atoms with E-state index in [0.29, 0.717) is 11.8 Å². The number of hydrogen-bond donors (Lipinski definition) is 3. The highest BCUT2D eigenvalue weighted by molar-refractivity contribution is 7.86. The first-order valence-electron chi connectivity index (χ1n) is 7.06. The quantitative estimate of drug-likeness (QED) is 0.444. The molecule has 0 spiro atoms. The highest BCUT2D eigenvalue weighted by Crippen LogP contribution is 2.28. The summed E-state index contributed by atoms with van der Waals surface area (Å²) in [6.07, 6.45) is 0. The summed E-state index contributed by atoms with van der Waals surface area (Å²) in [6, 6.07) is 7.02. The van der Waals surface area contributed by atoms with Crippen LogP contribution in [0.1, 0.15) is 21.7 Å². The Morgan fingerprint density at radius 2 is 1.69 bits per heavy atom. The molecule has 136 valence electrons. The standard InChI is InChI=1S/C15H12N2O7S2/c1-8-4-13(17-16-8)15(18)9-2-3-12-10(5-9)6-11(25(19,20)21)7-14(12)26(22,23)24/h2-7H,1H3,(H,16,17)(H,19,20,21)(H,22,23,24). The Morgan fingerprint density at radius 1 is 1.00 bits per heavy atom. The zero-order valence-electron chi connectivity index (χ0n) is 13.2. The summed E-state index contributed by atoms with van der Waals surface area (Å²) in [5.41, 5.74) is 0.914. The van der Waals surface area contributed by atoms with Crippen LogP contribution in [0.5, 0.6) is 0 Å². The normalized spacial score (nSPS) is 12.4. The van der Waals surface area contributed by atoms with E-state index in [0.717, 1.165) is 6.07 Å². The fourth-order valence-electron chi connectivity index (χ4n) is 2.49. The second kappa shape index (κ2) is 5.99. The molecule has 0 saturated carbocycles. The van der Waals surface area contributed by atoms with Crippen molar-refractivity contribution in [3.05, 3.63) is 53.3 Å². The molecule has 0 amide bonds. The molecule has 3 rings (SSSR count). The van der Waals surface area contributed by atoms with E-state index in [1.807, 2.05) is 0 Å². The maximum atomic E-state index is 12.4. The van der Waals surface area contributed by atoms with Gasteiger partial charge in [-0.15, -0.1) is 0 Å². The number of rotatable bonds is 4. The highest BCUT2D eigenvalue weighted by atomic mass is 32.2. The molecule has 0 unspecified atom stereocenters. The summed E-state index contributed by atoms with van der Waals surface area (Å²) in [5.74, 6) is -0.470. The van der Waals surface area contributed by atoms with Gasteiger partial charge in [0.05, 0.1) is 4.90 Å². The number of ketones is 1. The number of benzene rings is 2. The van der Waals surface area contributed by atoms with Gasteiger partial charge >= 0.3 is 0 Å². The molecular weight excluding hydrogens is 384 g/mol. The molecule has 2 aromatic carbocycles.